The maximum atomic E-state index is 15.4. The van der Waals surface area contributed by atoms with Gasteiger partial charge in [-0.25, -0.2) is 9.07 Å². The minimum Gasteiger partial charge on any atom is -0.310 e. The number of nitrogens with one attached hydrogen (secondary N) is 1. The van der Waals surface area contributed by atoms with E-state index in [9.17, 15) is 0 Å². The van der Waals surface area contributed by atoms with Gasteiger partial charge < -0.3 is 5.32 Å². The van der Waals surface area contributed by atoms with Crippen molar-refractivity contribution in [1.82, 2.24) is 29.9 Å². The zero-order valence-electron chi connectivity index (χ0n) is 16.6. The fourth-order valence-electron chi connectivity index (χ4n) is 4.26. The molecule has 0 saturated carbocycles. The molecule has 1 N–H and O–H groups in total. The Morgan fingerprint density at radius 3 is 2.83 bits per heavy atom. The minimum atomic E-state index is -0.265. The van der Waals surface area contributed by atoms with E-state index in [1.54, 1.807) is 34.0 Å². The van der Waals surface area contributed by atoms with E-state index in [0.29, 0.717) is 5.69 Å². The van der Waals surface area contributed by atoms with Gasteiger partial charge in [0.15, 0.2) is 0 Å². The number of hydrogen-bond donors (Lipinski definition) is 1. The molecule has 1 aliphatic rings. The van der Waals surface area contributed by atoms with Crippen molar-refractivity contribution in [2.24, 2.45) is 7.05 Å². The van der Waals surface area contributed by atoms with Gasteiger partial charge in [0.1, 0.15) is 17.2 Å². The molecule has 0 spiro atoms. The Morgan fingerprint density at radius 1 is 1.21 bits per heavy atom. The van der Waals surface area contributed by atoms with Gasteiger partial charge in [0.25, 0.3) is 0 Å². The van der Waals surface area contributed by atoms with Crippen LogP contribution in [0.3, 0.4) is 0 Å². The van der Waals surface area contributed by atoms with Gasteiger partial charge in [0.2, 0.25) is 0 Å². The molecule has 5 rings (SSSR count). The molecule has 1 saturated heterocycles. The maximum absolute atomic E-state index is 15.4. The zero-order valence-corrected chi connectivity index (χ0v) is 16.6. The number of halogens is 1. The van der Waals surface area contributed by atoms with E-state index in [0.717, 1.165) is 46.3 Å². The first-order valence-electron chi connectivity index (χ1n) is 9.97. The van der Waals surface area contributed by atoms with Crippen LogP contribution in [0.15, 0.2) is 43.0 Å². The summed E-state index contributed by atoms with van der Waals surface area (Å²) < 4.78 is 18.8. The number of benzene rings is 1. The highest BCUT2D eigenvalue weighted by atomic mass is 19.1. The van der Waals surface area contributed by atoms with Crippen molar-refractivity contribution >= 4 is 10.9 Å². The first-order valence-corrected chi connectivity index (χ1v) is 9.97. The third-order valence-electron chi connectivity index (χ3n) is 5.66. The first kappa shape index (κ1) is 18.0. The molecular weight excluding hydrogens is 367 g/mol. The van der Waals surface area contributed by atoms with Gasteiger partial charge >= 0.3 is 0 Å². The lowest BCUT2D eigenvalue weighted by atomic mass is 9.95. The summed E-state index contributed by atoms with van der Waals surface area (Å²) in [6, 6.07) is 5.86. The summed E-state index contributed by atoms with van der Waals surface area (Å²) in [5.74, 6) is -0.265. The predicted octanol–water partition coefficient (Wildman–Crippen LogP) is 4.08. The average Bonchev–Trinajstić information content (AvgIpc) is 3.32. The van der Waals surface area contributed by atoms with Crippen LogP contribution in [0.2, 0.25) is 0 Å². The molecule has 3 aromatic heterocycles. The Kier molecular flexibility index (Phi) is 4.39. The second-order valence-electron chi connectivity index (χ2n) is 7.73. The van der Waals surface area contributed by atoms with Crippen molar-refractivity contribution in [3.63, 3.8) is 0 Å². The summed E-state index contributed by atoms with van der Waals surface area (Å²) in [6.07, 6.45) is 10.5. The van der Waals surface area contributed by atoms with E-state index in [-0.39, 0.29) is 11.9 Å². The molecule has 4 aromatic rings. The summed E-state index contributed by atoms with van der Waals surface area (Å²) in [4.78, 5) is 4.25. The number of hydrogen-bond acceptors (Lipinski definition) is 4. The number of rotatable bonds is 3. The zero-order chi connectivity index (χ0) is 20.0. The summed E-state index contributed by atoms with van der Waals surface area (Å²) in [5.41, 5.74) is 4.77. The summed E-state index contributed by atoms with van der Waals surface area (Å²) >= 11 is 0. The fraction of sp³-hybridized carbons (Fsp3) is 0.318. The SMILES string of the molecule is Cc1cc(C2CCCCN2)cc(F)c1-n1nc(-c2cnn(C)c2)c2ccncc21. The standard InChI is InChI=1S/C22H23FN6/c1-14-9-15(19-5-3-4-7-25-19)10-18(23)22(14)29-20-12-24-8-6-17(20)21(27-29)16-11-26-28(2)13-16/h6,8-13,19,25H,3-5,7H2,1-2H3. The van der Waals surface area contributed by atoms with Crippen molar-refractivity contribution < 1.29 is 4.39 Å². The number of pyridine rings is 1. The van der Waals surface area contributed by atoms with E-state index in [4.69, 9.17) is 5.10 Å². The van der Waals surface area contributed by atoms with E-state index in [2.05, 4.69) is 21.5 Å². The van der Waals surface area contributed by atoms with Gasteiger partial charge in [-0.1, -0.05) is 12.5 Å². The van der Waals surface area contributed by atoms with Crippen molar-refractivity contribution in [2.75, 3.05) is 6.54 Å². The van der Waals surface area contributed by atoms with Crippen LogP contribution in [-0.4, -0.2) is 31.1 Å². The van der Waals surface area contributed by atoms with E-state index < -0.39 is 0 Å². The van der Waals surface area contributed by atoms with Gasteiger partial charge in [-0.2, -0.15) is 10.2 Å². The summed E-state index contributed by atoms with van der Waals surface area (Å²) in [7, 11) is 1.87. The molecule has 6 nitrogen and oxygen atoms in total. The molecule has 0 radical (unpaired) electrons. The Morgan fingerprint density at radius 2 is 2.10 bits per heavy atom. The number of aromatic nitrogens is 5. The van der Waals surface area contributed by atoms with Crippen LogP contribution in [0.4, 0.5) is 4.39 Å². The van der Waals surface area contributed by atoms with E-state index in [1.165, 1.54) is 12.8 Å². The Bertz CT molecular complexity index is 1160. The quantitative estimate of drug-likeness (QED) is 0.573. The molecule has 29 heavy (non-hydrogen) atoms. The van der Waals surface area contributed by atoms with Gasteiger partial charge in [-0.05, 0) is 49.6 Å². The molecule has 1 aliphatic heterocycles. The monoisotopic (exact) mass is 390 g/mol. The Balaban J connectivity index is 1.66. The van der Waals surface area contributed by atoms with E-state index in [1.807, 2.05) is 26.2 Å². The van der Waals surface area contributed by atoms with Gasteiger partial charge in [0, 0.05) is 36.4 Å². The van der Waals surface area contributed by atoms with E-state index >= 15 is 4.39 Å². The number of piperidine rings is 1. The second-order valence-corrected chi connectivity index (χ2v) is 7.73. The molecule has 1 aromatic carbocycles. The average molecular weight is 390 g/mol. The fourth-order valence-corrected chi connectivity index (χ4v) is 4.26. The highest BCUT2D eigenvalue weighted by Gasteiger charge is 2.21. The number of nitrogens with zero attached hydrogens (tertiary/aromatic N) is 5. The topological polar surface area (TPSA) is 60.6 Å². The summed E-state index contributed by atoms with van der Waals surface area (Å²) in [5, 5.41) is 13.4. The number of aryl methyl sites for hydroxylation is 2. The maximum Gasteiger partial charge on any atom is 0.149 e. The normalized spacial score (nSPS) is 17.1. The van der Waals surface area contributed by atoms with Crippen LogP contribution < -0.4 is 5.32 Å². The lowest BCUT2D eigenvalue weighted by Gasteiger charge is -2.24. The first-order chi connectivity index (χ1) is 14.1. The lowest BCUT2D eigenvalue weighted by molar-refractivity contribution is 0.410. The molecular formula is C22H23FN6. The Labute approximate surface area is 168 Å². The Hall–Kier alpha value is -3.06. The molecule has 0 aliphatic carbocycles. The molecule has 7 heteroatoms. The van der Waals surface area contributed by atoms with Crippen molar-refractivity contribution in [3.8, 4) is 16.9 Å². The van der Waals surface area contributed by atoms with Crippen LogP contribution in [0, 0.1) is 12.7 Å². The van der Waals surface area contributed by atoms with Crippen molar-refractivity contribution in [2.45, 2.75) is 32.2 Å². The third-order valence-corrected chi connectivity index (χ3v) is 5.66. The number of fused-ring (bicyclic) bond motifs is 1. The minimum absolute atomic E-state index is 0.216. The summed E-state index contributed by atoms with van der Waals surface area (Å²) in [6.45, 7) is 2.93. The van der Waals surface area contributed by atoms with Crippen LogP contribution in [0.25, 0.3) is 27.8 Å². The molecule has 0 bridgehead atoms. The van der Waals surface area contributed by atoms with Crippen LogP contribution in [-0.2, 0) is 7.05 Å². The van der Waals surface area contributed by atoms with Crippen LogP contribution in [0.1, 0.15) is 36.4 Å². The second kappa shape index (κ2) is 7.08. The van der Waals surface area contributed by atoms with Crippen molar-refractivity contribution in [1.29, 1.82) is 0 Å². The molecule has 0 amide bonds. The molecule has 148 valence electrons. The van der Waals surface area contributed by atoms with Crippen molar-refractivity contribution in [3.05, 3.63) is 59.9 Å². The highest BCUT2D eigenvalue weighted by molar-refractivity contribution is 5.93. The highest BCUT2D eigenvalue weighted by Crippen LogP contribution is 2.33. The lowest BCUT2D eigenvalue weighted by Crippen LogP contribution is -2.27. The molecule has 1 unspecified atom stereocenters. The molecule has 4 heterocycles. The predicted molar refractivity (Wildman–Crippen MR) is 110 cm³/mol. The van der Waals surface area contributed by atoms with Gasteiger partial charge in [0.05, 0.1) is 17.9 Å². The third kappa shape index (κ3) is 3.11. The van der Waals surface area contributed by atoms with Crippen LogP contribution in [0.5, 0.6) is 0 Å². The van der Waals surface area contributed by atoms with Gasteiger partial charge in [-0.3, -0.25) is 9.67 Å². The van der Waals surface area contributed by atoms with Gasteiger partial charge in [-0.15, -0.1) is 0 Å². The molecule has 1 atom stereocenters. The molecule has 1 fully saturated rings. The largest absolute Gasteiger partial charge is 0.310 e. The smallest absolute Gasteiger partial charge is 0.149 e. The van der Waals surface area contributed by atoms with Crippen LogP contribution >= 0.6 is 0 Å².